The molecule has 14 heavy (non-hydrogen) atoms. The van der Waals surface area contributed by atoms with E-state index >= 15 is 0 Å². The molecule has 4 N–H and O–H groups in total. The number of nitrogens with two attached hydrogens (primary N) is 1. The van der Waals surface area contributed by atoms with E-state index in [9.17, 15) is 9.59 Å². The molecule has 0 heterocycles. The summed E-state index contributed by atoms with van der Waals surface area (Å²) < 4.78 is 4.96. The van der Waals surface area contributed by atoms with Crippen LogP contribution in [-0.4, -0.2) is 41.9 Å². The Hall–Kier alpha value is -1.14. The Morgan fingerprint density at radius 1 is 1.29 bits per heavy atom. The summed E-state index contributed by atoms with van der Waals surface area (Å²) in [5, 5.41) is 17.0. The summed E-state index contributed by atoms with van der Waals surface area (Å²) >= 11 is 0. The Morgan fingerprint density at radius 2 is 1.93 bits per heavy atom. The van der Waals surface area contributed by atoms with Crippen molar-refractivity contribution in [1.82, 2.24) is 0 Å². The van der Waals surface area contributed by atoms with Crippen molar-refractivity contribution in [3.05, 3.63) is 0 Å². The van der Waals surface area contributed by atoms with E-state index in [1.54, 1.807) is 0 Å². The van der Waals surface area contributed by atoms with E-state index in [0.717, 1.165) is 0 Å². The minimum absolute atomic E-state index is 0.196. The van der Waals surface area contributed by atoms with Crippen molar-refractivity contribution < 1.29 is 24.5 Å². The molecule has 0 radical (unpaired) electrons. The Balaban J connectivity index is 3.74. The summed E-state index contributed by atoms with van der Waals surface area (Å²) in [5.41, 5.74) is 5.15. The number of hydrogen-bond acceptors (Lipinski definition) is 4. The van der Waals surface area contributed by atoms with Crippen LogP contribution in [0.4, 0.5) is 0 Å². The van der Waals surface area contributed by atoms with Gasteiger partial charge in [0.1, 0.15) is 0 Å². The van der Waals surface area contributed by atoms with Crippen molar-refractivity contribution >= 4 is 11.9 Å². The normalized spacial score (nSPS) is 12.4. The van der Waals surface area contributed by atoms with Crippen LogP contribution in [0.3, 0.4) is 0 Å². The number of carboxylic acids is 2. The van der Waals surface area contributed by atoms with E-state index in [1.165, 1.54) is 0 Å². The first-order valence-electron chi connectivity index (χ1n) is 4.30. The summed E-state index contributed by atoms with van der Waals surface area (Å²) in [6, 6.07) is 0. The summed E-state index contributed by atoms with van der Waals surface area (Å²) in [6.07, 6.45) is -0.178. The van der Waals surface area contributed by atoms with Gasteiger partial charge in [0.25, 0.3) is 0 Å². The number of ether oxygens (including phenoxy) is 1. The first-order valence-corrected chi connectivity index (χ1v) is 4.30. The van der Waals surface area contributed by atoms with Crippen LogP contribution in [0, 0.1) is 5.92 Å². The molecule has 1 unspecified atom stereocenters. The predicted molar refractivity (Wildman–Crippen MR) is 47.9 cm³/mol. The van der Waals surface area contributed by atoms with Crippen LogP contribution in [0.1, 0.15) is 12.8 Å². The maximum Gasteiger partial charge on any atom is 0.307 e. The van der Waals surface area contributed by atoms with Crippen molar-refractivity contribution in [2.75, 3.05) is 19.8 Å². The molecular formula is C8H15NO5. The molecular weight excluding hydrogens is 190 g/mol. The van der Waals surface area contributed by atoms with Gasteiger partial charge < -0.3 is 20.7 Å². The van der Waals surface area contributed by atoms with Crippen molar-refractivity contribution in [1.29, 1.82) is 0 Å². The predicted octanol–water partition coefficient (Wildman–Crippen LogP) is -0.473. The summed E-state index contributed by atoms with van der Waals surface area (Å²) in [7, 11) is 0. The number of aliphatic carboxylic acids is 2. The van der Waals surface area contributed by atoms with Gasteiger partial charge in [0.15, 0.2) is 0 Å². The minimum Gasteiger partial charge on any atom is -0.481 e. The maximum atomic E-state index is 10.6. The van der Waals surface area contributed by atoms with Gasteiger partial charge >= 0.3 is 11.9 Å². The summed E-state index contributed by atoms with van der Waals surface area (Å²) in [5.74, 6) is -3.11. The first-order chi connectivity index (χ1) is 6.57. The molecule has 0 aromatic rings. The highest BCUT2D eigenvalue weighted by atomic mass is 16.5. The summed E-state index contributed by atoms with van der Waals surface area (Å²) in [6.45, 7) is 0.956. The Kier molecular flexibility index (Phi) is 6.69. The fraction of sp³-hybridized carbons (Fsp3) is 0.750. The minimum atomic E-state index is -1.11. The van der Waals surface area contributed by atoms with Crippen molar-refractivity contribution in [2.45, 2.75) is 12.8 Å². The van der Waals surface area contributed by atoms with Crippen LogP contribution in [0.2, 0.25) is 0 Å². The van der Waals surface area contributed by atoms with Crippen LogP contribution in [0.25, 0.3) is 0 Å². The van der Waals surface area contributed by atoms with Crippen LogP contribution >= 0.6 is 0 Å². The second-order valence-electron chi connectivity index (χ2n) is 2.82. The Labute approximate surface area is 81.7 Å². The van der Waals surface area contributed by atoms with Gasteiger partial charge in [-0.25, -0.2) is 0 Å². The number of hydrogen-bond donors (Lipinski definition) is 3. The zero-order valence-corrected chi connectivity index (χ0v) is 7.81. The highest BCUT2D eigenvalue weighted by Gasteiger charge is 2.20. The lowest BCUT2D eigenvalue weighted by Crippen LogP contribution is -2.20. The number of carboxylic acid groups (broad SMARTS) is 2. The fourth-order valence-electron chi connectivity index (χ4n) is 0.935. The van der Waals surface area contributed by atoms with Gasteiger partial charge in [-0.3, -0.25) is 9.59 Å². The van der Waals surface area contributed by atoms with E-state index < -0.39 is 17.9 Å². The maximum absolute atomic E-state index is 10.6. The highest BCUT2D eigenvalue weighted by Crippen LogP contribution is 2.08. The Morgan fingerprint density at radius 3 is 2.36 bits per heavy atom. The molecule has 6 nitrogen and oxygen atoms in total. The molecule has 0 aliphatic heterocycles. The lowest BCUT2D eigenvalue weighted by molar-refractivity contribution is -0.148. The average Bonchev–Trinajstić information content (AvgIpc) is 2.09. The van der Waals surface area contributed by atoms with Crippen LogP contribution in [-0.2, 0) is 14.3 Å². The van der Waals surface area contributed by atoms with Crippen molar-refractivity contribution in [3.8, 4) is 0 Å². The van der Waals surface area contributed by atoms with Gasteiger partial charge in [0.05, 0.1) is 18.9 Å². The SMILES string of the molecule is NCCOCCC(CC(=O)O)C(=O)O. The molecule has 0 spiro atoms. The lowest BCUT2D eigenvalue weighted by atomic mass is 10.0. The van der Waals surface area contributed by atoms with Gasteiger partial charge in [-0.2, -0.15) is 0 Å². The zero-order chi connectivity index (χ0) is 11.0. The number of rotatable bonds is 8. The lowest BCUT2D eigenvalue weighted by Gasteiger charge is -2.09. The van der Waals surface area contributed by atoms with E-state index in [-0.39, 0.29) is 19.4 Å². The zero-order valence-electron chi connectivity index (χ0n) is 7.81. The molecule has 0 aliphatic rings. The second kappa shape index (κ2) is 7.28. The second-order valence-corrected chi connectivity index (χ2v) is 2.82. The third kappa shape index (κ3) is 6.38. The van der Waals surface area contributed by atoms with Gasteiger partial charge in [-0.1, -0.05) is 0 Å². The number of carbonyl (C=O) groups is 2. The first kappa shape index (κ1) is 12.9. The monoisotopic (exact) mass is 205 g/mol. The molecule has 0 saturated heterocycles. The van der Waals surface area contributed by atoms with Gasteiger partial charge in [-0.05, 0) is 6.42 Å². The third-order valence-electron chi connectivity index (χ3n) is 1.64. The molecule has 0 saturated carbocycles. The standard InChI is InChI=1S/C8H15NO5/c9-2-4-14-3-1-6(8(12)13)5-7(10)11/h6H,1-5,9H2,(H,10,11)(H,12,13). The topological polar surface area (TPSA) is 110 Å². The van der Waals surface area contributed by atoms with Crippen molar-refractivity contribution in [2.24, 2.45) is 11.7 Å². The van der Waals surface area contributed by atoms with Gasteiger partial charge in [0, 0.05) is 13.2 Å². The molecule has 1 atom stereocenters. The molecule has 0 aromatic carbocycles. The highest BCUT2D eigenvalue weighted by molar-refractivity contribution is 5.77. The van der Waals surface area contributed by atoms with Crippen molar-refractivity contribution in [3.63, 3.8) is 0 Å². The largest absolute Gasteiger partial charge is 0.481 e. The van der Waals surface area contributed by atoms with Crippen LogP contribution in [0.5, 0.6) is 0 Å². The third-order valence-corrected chi connectivity index (χ3v) is 1.64. The van der Waals surface area contributed by atoms with E-state index in [2.05, 4.69) is 0 Å². The van der Waals surface area contributed by atoms with Gasteiger partial charge in [0.2, 0.25) is 0 Å². The molecule has 0 aliphatic carbocycles. The van der Waals surface area contributed by atoms with E-state index in [0.29, 0.717) is 13.2 Å². The quantitative estimate of drug-likeness (QED) is 0.462. The fourth-order valence-corrected chi connectivity index (χ4v) is 0.935. The molecule has 0 bridgehead atoms. The Bertz CT molecular complexity index is 194. The molecule has 0 rings (SSSR count). The van der Waals surface area contributed by atoms with Gasteiger partial charge in [-0.15, -0.1) is 0 Å². The van der Waals surface area contributed by atoms with Crippen LogP contribution in [0.15, 0.2) is 0 Å². The van der Waals surface area contributed by atoms with E-state index in [4.69, 9.17) is 20.7 Å². The molecule has 0 amide bonds. The van der Waals surface area contributed by atoms with Crippen LogP contribution < -0.4 is 5.73 Å². The van der Waals surface area contributed by atoms with E-state index in [1.807, 2.05) is 0 Å². The molecule has 6 heteroatoms. The molecule has 82 valence electrons. The molecule has 0 fully saturated rings. The molecule has 0 aromatic heterocycles. The average molecular weight is 205 g/mol. The smallest absolute Gasteiger partial charge is 0.307 e. The summed E-state index contributed by atoms with van der Waals surface area (Å²) in [4.78, 5) is 20.8.